The van der Waals surface area contributed by atoms with Gasteiger partial charge >= 0.3 is 0 Å². The van der Waals surface area contributed by atoms with Crippen LogP contribution in [0.15, 0.2) is 0 Å². The molecule has 0 aliphatic carbocycles. The molecule has 1 saturated heterocycles. The van der Waals surface area contributed by atoms with E-state index >= 15 is 0 Å². The minimum Gasteiger partial charge on any atom is -0.355 e. The summed E-state index contributed by atoms with van der Waals surface area (Å²) in [4.78, 5) is 13.7. The molecule has 1 N–H and O–H groups in total. The highest BCUT2D eigenvalue weighted by molar-refractivity contribution is 5.81. The van der Waals surface area contributed by atoms with Gasteiger partial charge in [-0.15, -0.1) is 0 Å². The summed E-state index contributed by atoms with van der Waals surface area (Å²) in [5.74, 6) is 0.911. The molecule has 0 aromatic heterocycles. The van der Waals surface area contributed by atoms with Crippen LogP contribution in [-0.2, 0) is 4.79 Å². The fraction of sp³-hybridized carbons (Fsp3) is 0.900. The fourth-order valence-corrected chi connectivity index (χ4v) is 1.81. The summed E-state index contributed by atoms with van der Waals surface area (Å²) in [6, 6.07) is 0.0462. The number of likely N-dealkylation sites (tertiary alicyclic amines) is 1. The molecule has 1 aliphatic rings. The second kappa shape index (κ2) is 4.61. The highest BCUT2D eigenvalue weighted by Gasteiger charge is 2.26. The van der Waals surface area contributed by atoms with E-state index in [9.17, 15) is 4.79 Å². The second-order valence-corrected chi connectivity index (χ2v) is 3.96. The highest BCUT2D eigenvalue weighted by atomic mass is 16.2. The standard InChI is InChI=1S/C10H20N2O/c1-4-11-10(13)9(3)12-6-5-8(2)7-12/h8-9H,4-7H2,1-3H3,(H,11,13). The topological polar surface area (TPSA) is 32.3 Å². The number of hydrogen-bond acceptors (Lipinski definition) is 2. The summed E-state index contributed by atoms with van der Waals surface area (Å²) < 4.78 is 0. The molecular formula is C10H20N2O. The Morgan fingerprint density at radius 2 is 2.38 bits per heavy atom. The first-order valence-corrected chi connectivity index (χ1v) is 5.17. The third kappa shape index (κ3) is 2.69. The van der Waals surface area contributed by atoms with E-state index in [1.165, 1.54) is 6.42 Å². The zero-order valence-corrected chi connectivity index (χ0v) is 8.84. The van der Waals surface area contributed by atoms with Crippen LogP contribution in [0.4, 0.5) is 0 Å². The molecule has 0 bridgehead atoms. The van der Waals surface area contributed by atoms with Crippen LogP contribution in [-0.4, -0.2) is 36.5 Å². The number of hydrogen-bond donors (Lipinski definition) is 1. The van der Waals surface area contributed by atoms with Crippen LogP contribution < -0.4 is 5.32 Å². The van der Waals surface area contributed by atoms with Crippen molar-refractivity contribution in [2.45, 2.75) is 33.2 Å². The molecule has 2 unspecified atom stereocenters. The average Bonchev–Trinajstić information content (AvgIpc) is 2.51. The molecule has 2 atom stereocenters. The first kappa shape index (κ1) is 10.5. The Hall–Kier alpha value is -0.570. The van der Waals surface area contributed by atoms with E-state index in [0.29, 0.717) is 0 Å². The van der Waals surface area contributed by atoms with Crippen LogP contribution in [0.25, 0.3) is 0 Å². The van der Waals surface area contributed by atoms with Crippen molar-refractivity contribution in [2.24, 2.45) is 5.92 Å². The van der Waals surface area contributed by atoms with Crippen LogP contribution in [0.1, 0.15) is 27.2 Å². The van der Waals surface area contributed by atoms with E-state index in [2.05, 4.69) is 17.1 Å². The van der Waals surface area contributed by atoms with Crippen molar-refractivity contribution in [2.75, 3.05) is 19.6 Å². The number of amides is 1. The lowest BCUT2D eigenvalue weighted by atomic mass is 10.2. The summed E-state index contributed by atoms with van der Waals surface area (Å²) in [7, 11) is 0. The molecule has 1 fully saturated rings. The number of carbonyl (C=O) groups excluding carboxylic acids is 1. The Morgan fingerprint density at radius 1 is 1.69 bits per heavy atom. The number of nitrogens with one attached hydrogen (secondary N) is 1. The van der Waals surface area contributed by atoms with Gasteiger partial charge in [0.2, 0.25) is 5.91 Å². The van der Waals surface area contributed by atoms with Crippen LogP contribution in [0.3, 0.4) is 0 Å². The van der Waals surface area contributed by atoms with Crippen molar-refractivity contribution in [3.05, 3.63) is 0 Å². The molecule has 0 radical (unpaired) electrons. The summed E-state index contributed by atoms with van der Waals surface area (Å²) in [5, 5.41) is 2.86. The first-order valence-electron chi connectivity index (χ1n) is 5.17. The SMILES string of the molecule is CCNC(=O)C(C)N1CCC(C)C1. The van der Waals surface area contributed by atoms with Gasteiger partial charge in [0.15, 0.2) is 0 Å². The quantitative estimate of drug-likeness (QED) is 0.705. The fourth-order valence-electron chi connectivity index (χ4n) is 1.81. The van der Waals surface area contributed by atoms with E-state index in [4.69, 9.17) is 0 Å². The minimum atomic E-state index is 0.0462. The van der Waals surface area contributed by atoms with Gasteiger partial charge < -0.3 is 5.32 Å². The molecule has 1 rings (SSSR count). The summed E-state index contributed by atoms with van der Waals surface area (Å²) in [6.07, 6.45) is 1.23. The van der Waals surface area contributed by atoms with Crippen molar-refractivity contribution in [1.82, 2.24) is 10.2 Å². The van der Waals surface area contributed by atoms with E-state index in [0.717, 1.165) is 25.6 Å². The van der Waals surface area contributed by atoms with E-state index in [1.807, 2.05) is 13.8 Å². The smallest absolute Gasteiger partial charge is 0.237 e. The predicted molar refractivity (Wildman–Crippen MR) is 53.5 cm³/mol. The summed E-state index contributed by atoms with van der Waals surface area (Å²) >= 11 is 0. The monoisotopic (exact) mass is 184 g/mol. The normalized spacial score (nSPS) is 25.9. The predicted octanol–water partition coefficient (Wildman–Crippen LogP) is 0.853. The second-order valence-electron chi connectivity index (χ2n) is 3.96. The largest absolute Gasteiger partial charge is 0.355 e. The first-order chi connectivity index (χ1) is 6.15. The third-order valence-corrected chi connectivity index (χ3v) is 2.73. The molecule has 0 saturated carbocycles. The van der Waals surface area contributed by atoms with E-state index in [-0.39, 0.29) is 11.9 Å². The van der Waals surface area contributed by atoms with Crippen LogP contribution in [0.2, 0.25) is 0 Å². The molecule has 1 heterocycles. The van der Waals surface area contributed by atoms with Gasteiger partial charge in [-0.25, -0.2) is 0 Å². The number of likely N-dealkylation sites (N-methyl/N-ethyl adjacent to an activating group) is 1. The molecule has 76 valence electrons. The van der Waals surface area contributed by atoms with E-state index in [1.54, 1.807) is 0 Å². The number of nitrogens with zero attached hydrogens (tertiary/aromatic N) is 1. The molecule has 3 heteroatoms. The zero-order chi connectivity index (χ0) is 9.84. The zero-order valence-electron chi connectivity index (χ0n) is 8.84. The van der Waals surface area contributed by atoms with Gasteiger partial charge in [0.25, 0.3) is 0 Å². The Bertz CT molecular complexity index is 182. The van der Waals surface area contributed by atoms with Crippen molar-refractivity contribution in [1.29, 1.82) is 0 Å². The van der Waals surface area contributed by atoms with Gasteiger partial charge in [0.1, 0.15) is 0 Å². The maximum Gasteiger partial charge on any atom is 0.237 e. The van der Waals surface area contributed by atoms with Crippen molar-refractivity contribution < 1.29 is 4.79 Å². The molecular weight excluding hydrogens is 164 g/mol. The molecule has 3 nitrogen and oxygen atoms in total. The van der Waals surface area contributed by atoms with Gasteiger partial charge in [0, 0.05) is 13.1 Å². The lowest BCUT2D eigenvalue weighted by Crippen LogP contribution is -2.43. The molecule has 0 aromatic rings. The molecule has 1 amide bonds. The van der Waals surface area contributed by atoms with E-state index < -0.39 is 0 Å². The van der Waals surface area contributed by atoms with Crippen LogP contribution in [0.5, 0.6) is 0 Å². The summed E-state index contributed by atoms with van der Waals surface area (Å²) in [6.45, 7) is 9.05. The molecule has 0 aromatic carbocycles. The van der Waals surface area contributed by atoms with Gasteiger partial charge in [-0.3, -0.25) is 9.69 Å². The Labute approximate surface area is 80.5 Å². The maximum absolute atomic E-state index is 11.5. The Morgan fingerprint density at radius 3 is 2.85 bits per heavy atom. The minimum absolute atomic E-state index is 0.0462. The Balaban J connectivity index is 2.38. The molecule has 1 aliphatic heterocycles. The van der Waals surface area contributed by atoms with Crippen molar-refractivity contribution >= 4 is 5.91 Å². The third-order valence-electron chi connectivity index (χ3n) is 2.73. The average molecular weight is 184 g/mol. The highest BCUT2D eigenvalue weighted by Crippen LogP contribution is 2.17. The number of rotatable bonds is 3. The van der Waals surface area contributed by atoms with Gasteiger partial charge in [-0.05, 0) is 32.7 Å². The number of carbonyl (C=O) groups is 1. The lowest BCUT2D eigenvalue weighted by molar-refractivity contribution is -0.125. The van der Waals surface area contributed by atoms with Gasteiger partial charge in [-0.1, -0.05) is 6.92 Å². The maximum atomic E-state index is 11.5. The van der Waals surface area contributed by atoms with Crippen LogP contribution in [0, 0.1) is 5.92 Å². The van der Waals surface area contributed by atoms with Crippen LogP contribution >= 0.6 is 0 Å². The molecule has 13 heavy (non-hydrogen) atoms. The Kier molecular flexibility index (Phi) is 3.72. The summed E-state index contributed by atoms with van der Waals surface area (Å²) in [5.41, 5.74) is 0. The van der Waals surface area contributed by atoms with Gasteiger partial charge in [-0.2, -0.15) is 0 Å². The van der Waals surface area contributed by atoms with Crippen molar-refractivity contribution in [3.8, 4) is 0 Å². The molecule has 0 spiro atoms. The van der Waals surface area contributed by atoms with Gasteiger partial charge in [0.05, 0.1) is 6.04 Å². The lowest BCUT2D eigenvalue weighted by Gasteiger charge is -2.22. The van der Waals surface area contributed by atoms with Crippen molar-refractivity contribution in [3.63, 3.8) is 0 Å².